The predicted octanol–water partition coefficient (Wildman–Crippen LogP) is 0.850. The first-order valence-electron chi connectivity index (χ1n) is 6.40. The molecule has 1 unspecified atom stereocenters. The van der Waals surface area contributed by atoms with Crippen LogP contribution in [0.15, 0.2) is 12.3 Å². The second-order valence-corrected chi connectivity index (χ2v) is 4.68. The van der Waals surface area contributed by atoms with Crippen LogP contribution in [0.25, 0.3) is 0 Å². The summed E-state index contributed by atoms with van der Waals surface area (Å²) >= 11 is 0. The molecule has 1 aromatic heterocycles. The number of nitrogens with one attached hydrogen (secondary N) is 1. The Balaban J connectivity index is 2.29. The van der Waals surface area contributed by atoms with Crippen molar-refractivity contribution in [2.45, 2.75) is 26.4 Å². The Morgan fingerprint density at radius 3 is 2.95 bits per heavy atom. The third kappa shape index (κ3) is 2.60. The van der Waals surface area contributed by atoms with Gasteiger partial charge in [-0.25, -0.2) is 0 Å². The molecule has 2 rings (SSSR count). The van der Waals surface area contributed by atoms with Crippen LogP contribution in [0, 0.1) is 10.1 Å². The summed E-state index contributed by atoms with van der Waals surface area (Å²) in [5.41, 5.74) is 0.357. The maximum atomic E-state index is 12.5. The first-order valence-corrected chi connectivity index (χ1v) is 6.40. The molecule has 0 radical (unpaired) electrons. The Morgan fingerprint density at radius 2 is 2.37 bits per heavy atom. The van der Waals surface area contributed by atoms with Crippen LogP contribution >= 0.6 is 0 Å². The van der Waals surface area contributed by atoms with Crippen molar-refractivity contribution < 1.29 is 9.72 Å². The van der Waals surface area contributed by atoms with Gasteiger partial charge in [-0.15, -0.1) is 0 Å². The minimum atomic E-state index is -0.468. The molecule has 0 bridgehead atoms. The van der Waals surface area contributed by atoms with Crippen LogP contribution in [0.2, 0.25) is 0 Å². The highest BCUT2D eigenvalue weighted by atomic mass is 16.6. The summed E-state index contributed by atoms with van der Waals surface area (Å²) in [6, 6.07) is 1.46. The Morgan fingerprint density at radius 1 is 1.63 bits per heavy atom. The number of hydrogen-bond acceptors (Lipinski definition) is 4. The summed E-state index contributed by atoms with van der Waals surface area (Å²) in [6.45, 7) is 6.50. The fraction of sp³-hybridized carbons (Fsp3) is 0.583. The molecule has 104 valence electrons. The maximum Gasteiger partial charge on any atom is 0.287 e. The molecular weight excluding hydrogens is 248 g/mol. The predicted molar refractivity (Wildman–Crippen MR) is 70.1 cm³/mol. The molecule has 0 aromatic carbocycles. The maximum absolute atomic E-state index is 12.5. The molecule has 1 atom stereocenters. The van der Waals surface area contributed by atoms with E-state index in [9.17, 15) is 14.9 Å². The van der Waals surface area contributed by atoms with Crippen LogP contribution in [0.5, 0.6) is 0 Å². The van der Waals surface area contributed by atoms with Crippen molar-refractivity contribution in [1.82, 2.24) is 14.8 Å². The van der Waals surface area contributed by atoms with Gasteiger partial charge in [0.15, 0.2) is 0 Å². The van der Waals surface area contributed by atoms with Crippen molar-refractivity contribution in [2.75, 3.05) is 19.6 Å². The minimum absolute atomic E-state index is 0.0343. The summed E-state index contributed by atoms with van der Waals surface area (Å²) in [5.74, 6) is -0.135. The number of amides is 1. The Bertz CT molecular complexity index is 497. The number of rotatable bonds is 3. The van der Waals surface area contributed by atoms with Gasteiger partial charge in [-0.2, -0.15) is 0 Å². The number of carbonyl (C=O) groups excluding carboxylic acids is 1. The van der Waals surface area contributed by atoms with Gasteiger partial charge in [-0.05, 0) is 13.8 Å². The molecular formula is C12H18N4O3. The van der Waals surface area contributed by atoms with Crippen LogP contribution in [0.3, 0.4) is 0 Å². The molecule has 0 spiro atoms. The normalized spacial score (nSPS) is 19.5. The van der Waals surface area contributed by atoms with Crippen molar-refractivity contribution in [3.05, 3.63) is 28.1 Å². The first-order chi connectivity index (χ1) is 9.04. The second-order valence-electron chi connectivity index (χ2n) is 4.68. The van der Waals surface area contributed by atoms with Crippen LogP contribution < -0.4 is 5.32 Å². The van der Waals surface area contributed by atoms with Crippen LogP contribution in [-0.2, 0) is 6.54 Å². The number of piperazine rings is 1. The molecule has 19 heavy (non-hydrogen) atoms. The topological polar surface area (TPSA) is 80.4 Å². The highest BCUT2D eigenvalue weighted by molar-refractivity contribution is 5.94. The smallest absolute Gasteiger partial charge is 0.287 e. The van der Waals surface area contributed by atoms with E-state index in [1.807, 2.05) is 13.8 Å². The molecule has 1 aliphatic rings. The summed E-state index contributed by atoms with van der Waals surface area (Å²) in [4.78, 5) is 24.6. The largest absolute Gasteiger partial charge is 0.337 e. The van der Waals surface area contributed by atoms with Gasteiger partial charge in [0.25, 0.3) is 11.6 Å². The minimum Gasteiger partial charge on any atom is -0.337 e. The zero-order valence-corrected chi connectivity index (χ0v) is 11.1. The van der Waals surface area contributed by atoms with E-state index in [2.05, 4.69) is 5.32 Å². The Kier molecular flexibility index (Phi) is 3.84. The van der Waals surface area contributed by atoms with Gasteiger partial charge in [0, 0.05) is 38.3 Å². The van der Waals surface area contributed by atoms with Gasteiger partial charge in [0.2, 0.25) is 0 Å². The van der Waals surface area contributed by atoms with Gasteiger partial charge < -0.3 is 14.8 Å². The Labute approximate surface area is 111 Å². The third-order valence-corrected chi connectivity index (χ3v) is 3.41. The highest BCUT2D eigenvalue weighted by Crippen LogP contribution is 2.19. The van der Waals surface area contributed by atoms with Crippen LogP contribution in [-0.4, -0.2) is 46.0 Å². The summed E-state index contributed by atoms with van der Waals surface area (Å²) in [7, 11) is 0. The molecule has 0 saturated carbocycles. The molecule has 1 fully saturated rings. The molecule has 1 saturated heterocycles. The van der Waals surface area contributed by atoms with Crippen LogP contribution in [0.4, 0.5) is 5.69 Å². The number of nitrogens with zero attached hydrogens (tertiary/aromatic N) is 3. The molecule has 1 N–H and O–H groups in total. The van der Waals surface area contributed by atoms with E-state index < -0.39 is 4.92 Å². The van der Waals surface area contributed by atoms with Crippen molar-refractivity contribution in [1.29, 1.82) is 0 Å². The van der Waals surface area contributed by atoms with Crippen LogP contribution in [0.1, 0.15) is 24.3 Å². The van der Waals surface area contributed by atoms with E-state index in [-0.39, 0.29) is 17.6 Å². The van der Waals surface area contributed by atoms with Gasteiger partial charge in [-0.1, -0.05) is 0 Å². The van der Waals surface area contributed by atoms with E-state index in [0.29, 0.717) is 18.8 Å². The van der Waals surface area contributed by atoms with E-state index in [1.54, 1.807) is 9.47 Å². The Hall–Kier alpha value is -1.89. The number of nitro groups is 1. The lowest BCUT2D eigenvalue weighted by Crippen LogP contribution is -2.52. The van der Waals surface area contributed by atoms with Crippen molar-refractivity contribution in [3.8, 4) is 0 Å². The molecule has 7 heteroatoms. The molecule has 7 nitrogen and oxygen atoms in total. The summed E-state index contributed by atoms with van der Waals surface area (Å²) in [6.07, 6.45) is 1.42. The average Bonchev–Trinajstić information content (AvgIpc) is 2.82. The lowest BCUT2D eigenvalue weighted by atomic mass is 10.2. The van der Waals surface area contributed by atoms with E-state index in [0.717, 1.165) is 13.1 Å². The van der Waals surface area contributed by atoms with Gasteiger partial charge in [-0.3, -0.25) is 14.9 Å². The van der Waals surface area contributed by atoms with Crippen molar-refractivity contribution in [2.24, 2.45) is 0 Å². The van der Waals surface area contributed by atoms with Gasteiger partial charge >= 0.3 is 0 Å². The highest BCUT2D eigenvalue weighted by Gasteiger charge is 2.27. The van der Waals surface area contributed by atoms with E-state index >= 15 is 0 Å². The second kappa shape index (κ2) is 5.40. The first kappa shape index (κ1) is 13.5. The van der Waals surface area contributed by atoms with Gasteiger partial charge in [0.05, 0.1) is 11.1 Å². The zero-order chi connectivity index (χ0) is 14.0. The van der Waals surface area contributed by atoms with E-state index in [1.165, 1.54) is 12.3 Å². The number of hydrogen-bond donors (Lipinski definition) is 1. The molecule has 1 amide bonds. The van der Waals surface area contributed by atoms with Crippen molar-refractivity contribution >= 4 is 11.6 Å². The number of aromatic nitrogens is 1. The number of aryl methyl sites for hydroxylation is 1. The van der Waals surface area contributed by atoms with Crippen molar-refractivity contribution in [3.63, 3.8) is 0 Å². The number of carbonyl (C=O) groups is 1. The van der Waals surface area contributed by atoms with E-state index in [4.69, 9.17) is 0 Å². The average molecular weight is 266 g/mol. The standard InChI is InChI=1S/C12H18N4O3/c1-3-14-8-10(16(18)19)6-11(14)12(17)15-5-4-13-7-9(15)2/h6,8-9,13H,3-5,7H2,1-2H3. The summed E-state index contributed by atoms with van der Waals surface area (Å²) in [5, 5.41) is 14.0. The molecule has 2 heterocycles. The fourth-order valence-electron chi connectivity index (χ4n) is 2.33. The summed E-state index contributed by atoms with van der Waals surface area (Å²) < 4.78 is 1.63. The molecule has 1 aromatic rings. The quantitative estimate of drug-likeness (QED) is 0.649. The lowest BCUT2D eigenvalue weighted by Gasteiger charge is -2.34. The fourth-order valence-corrected chi connectivity index (χ4v) is 2.33. The zero-order valence-electron chi connectivity index (χ0n) is 11.1. The third-order valence-electron chi connectivity index (χ3n) is 3.41. The van der Waals surface area contributed by atoms with Gasteiger partial charge in [0.1, 0.15) is 5.69 Å². The molecule has 0 aliphatic carbocycles. The monoisotopic (exact) mass is 266 g/mol. The SMILES string of the molecule is CCn1cc([N+](=O)[O-])cc1C(=O)N1CCNCC1C. The lowest BCUT2D eigenvalue weighted by molar-refractivity contribution is -0.384. The molecule has 1 aliphatic heterocycles.